The van der Waals surface area contributed by atoms with Crippen molar-refractivity contribution < 1.29 is 23.5 Å². The Balaban J connectivity index is 2.55. The molecule has 9 heteroatoms. The third-order valence-electron chi connectivity index (χ3n) is 5.71. The highest BCUT2D eigenvalue weighted by atomic mass is 32.2. The maximum absolute atomic E-state index is 13.6. The fourth-order valence-electron chi connectivity index (χ4n) is 3.78. The number of nitrogens with one attached hydrogen (secondary N) is 1. The minimum absolute atomic E-state index is 0.0801. The number of hydrogen-bond donors (Lipinski definition) is 4. The number of aliphatic carboxylic acids is 1. The van der Waals surface area contributed by atoms with Crippen LogP contribution in [0.5, 0.6) is 0 Å². The molecule has 0 unspecified atom stereocenters. The molecule has 0 aliphatic heterocycles. The first kappa shape index (κ1) is 27.3. The van der Waals surface area contributed by atoms with E-state index in [9.17, 15) is 18.3 Å². The molecule has 1 atom stereocenters. The van der Waals surface area contributed by atoms with Gasteiger partial charge in [-0.15, -0.1) is 0 Å². The molecule has 0 aliphatic rings. The molecule has 2 rings (SSSR count). The van der Waals surface area contributed by atoms with Gasteiger partial charge in [0.2, 0.25) is 10.0 Å². The fraction of sp³-hybridized carbons (Fsp3) is 0.440. The van der Waals surface area contributed by atoms with Crippen LogP contribution < -0.4 is 10.5 Å². The number of nitrogens with zero attached hydrogens (tertiary/aromatic N) is 1. The molecular weight excluding hydrogens is 454 g/mol. The Hall–Kier alpha value is -2.91. The van der Waals surface area contributed by atoms with Gasteiger partial charge in [0, 0.05) is 5.56 Å². The van der Waals surface area contributed by atoms with E-state index in [0.717, 1.165) is 5.56 Å². The van der Waals surface area contributed by atoms with E-state index in [1.165, 1.54) is 0 Å². The van der Waals surface area contributed by atoms with Crippen LogP contribution in [0.15, 0.2) is 46.4 Å². The first-order valence-electron chi connectivity index (χ1n) is 11.3. The number of hydrogen-bond acceptors (Lipinski definition) is 5. The van der Waals surface area contributed by atoms with Crippen molar-refractivity contribution >= 4 is 21.8 Å². The summed E-state index contributed by atoms with van der Waals surface area (Å²) in [4.78, 5) is 12.2. The lowest BCUT2D eigenvalue weighted by Crippen LogP contribution is -2.43. The number of carbonyl (C=O) groups is 1. The molecule has 0 saturated heterocycles. The van der Waals surface area contributed by atoms with Gasteiger partial charge in [-0.2, -0.15) is 4.72 Å². The minimum atomic E-state index is -4.17. The second-order valence-corrected chi connectivity index (χ2v) is 11.0. The van der Waals surface area contributed by atoms with Crippen molar-refractivity contribution in [2.75, 3.05) is 0 Å². The van der Waals surface area contributed by atoms with E-state index in [2.05, 4.69) is 23.7 Å². The molecule has 0 heterocycles. The molecular formula is C25H35N3O5S. The molecule has 34 heavy (non-hydrogen) atoms. The van der Waals surface area contributed by atoms with Gasteiger partial charge in [0.05, 0.1) is 4.90 Å². The Morgan fingerprint density at radius 3 is 2.00 bits per heavy atom. The third kappa shape index (κ3) is 6.36. The molecule has 0 bridgehead atoms. The van der Waals surface area contributed by atoms with Crippen LogP contribution in [-0.4, -0.2) is 36.6 Å². The van der Waals surface area contributed by atoms with Crippen molar-refractivity contribution in [3.63, 3.8) is 0 Å². The zero-order valence-electron chi connectivity index (χ0n) is 20.5. The standard InChI is InChI=1S/C25H35N3O5S/c1-14(2)19-12-20(15(3)4)23(21(13-19)16(5)6)34(32,33)28-22(25(29)30)11-17-8-7-9-18(10-17)24(26)27-31/h7-10,12-16,22,28,31H,11H2,1-6H3,(H2,26,27)(H,29,30)/t22-/m0/s1. The normalized spacial score (nSPS) is 13.6. The summed E-state index contributed by atoms with van der Waals surface area (Å²) in [6.07, 6.45) is -0.112. The topological polar surface area (TPSA) is 142 Å². The summed E-state index contributed by atoms with van der Waals surface area (Å²) in [6, 6.07) is 8.88. The molecule has 0 spiro atoms. The van der Waals surface area contributed by atoms with Crippen LogP contribution in [-0.2, 0) is 21.2 Å². The fourth-order valence-corrected chi connectivity index (χ4v) is 5.66. The Morgan fingerprint density at radius 1 is 1.00 bits per heavy atom. The van der Waals surface area contributed by atoms with Crippen molar-refractivity contribution in [2.45, 2.75) is 76.7 Å². The second-order valence-electron chi connectivity index (χ2n) is 9.39. The first-order chi connectivity index (χ1) is 15.8. The van der Waals surface area contributed by atoms with E-state index >= 15 is 0 Å². The largest absolute Gasteiger partial charge is 0.480 e. The van der Waals surface area contributed by atoms with Crippen LogP contribution in [0, 0.1) is 0 Å². The molecule has 0 saturated carbocycles. The molecule has 2 aromatic carbocycles. The lowest BCUT2D eigenvalue weighted by Gasteiger charge is -2.24. The summed E-state index contributed by atoms with van der Waals surface area (Å²) < 4.78 is 29.7. The average Bonchev–Trinajstić information content (AvgIpc) is 2.76. The predicted octanol–water partition coefficient (Wildman–Crippen LogP) is 4.13. The number of benzene rings is 2. The quantitative estimate of drug-likeness (QED) is 0.171. The minimum Gasteiger partial charge on any atom is -0.480 e. The van der Waals surface area contributed by atoms with E-state index in [1.807, 2.05) is 39.8 Å². The van der Waals surface area contributed by atoms with Crippen molar-refractivity contribution in [3.8, 4) is 0 Å². The molecule has 8 nitrogen and oxygen atoms in total. The SMILES string of the molecule is CC(C)c1cc(C(C)C)c(S(=O)(=O)N[C@@H](Cc2cccc(C(N)=NO)c2)C(=O)O)c(C(C)C)c1. The molecule has 0 fully saturated rings. The van der Waals surface area contributed by atoms with Gasteiger partial charge in [0.15, 0.2) is 5.84 Å². The number of amidine groups is 1. The average molecular weight is 490 g/mol. The number of carboxylic acid groups (broad SMARTS) is 1. The highest BCUT2D eigenvalue weighted by Crippen LogP contribution is 2.35. The van der Waals surface area contributed by atoms with Gasteiger partial charge in [-0.3, -0.25) is 4.79 Å². The molecule has 186 valence electrons. The molecule has 0 aliphatic carbocycles. The van der Waals surface area contributed by atoms with E-state index in [1.54, 1.807) is 24.3 Å². The lowest BCUT2D eigenvalue weighted by molar-refractivity contribution is -0.138. The molecule has 0 aromatic heterocycles. The maximum atomic E-state index is 13.6. The zero-order valence-corrected chi connectivity index (χ0v) is 21.3. The van der Waals surface area contributed by atoms with Gasteiger partial charge < -0.3 is 16.0 Å². The number of rotatable bonds is 10. The number of sulfonamides is 1. The van der Waals surface area contributed by atoms with Crippen molar-refractivity contribution in [1.29, 1.82) is 0 Å². The summed E-state index contributed by atoms with van der Waals surface area (Å²) >= 11 is 0. The summed E-state index contributed by atoms with van der Waals surface area (Å²) in [5.74, 6) is -1.36. The molecule has 5 N–H and O–H groups in total. The Bertz CT molecular complexity index is 1140. The van der Waals surface area contributed by atoms with Gasteiger partial charge in [-0.1, -0.05) is 77.0 Å². The van der Waals surface area contributed by atoms with Crippen LogP contribution in [0.25, 0.3) is 0 Å². The van der Waals surface area contributed by atoms with Crippen molar-refractivity contribution in [1.82, 2.24) is 4.72 Å². The van der Waals surface area contributed by atoms with Crippen LogP contribution in [0.1, 0.15) is 87.1 Å². The van der Waals surface area contributed by atoms with E-state index in [0.29, 0.717) is 22.3 Å². The summed E-state index contributed by atoms with van der Waals surface area (Å²) in [5, 5.41) is 21.7. The number of carboxylic acids is 1. The van der Waals surface area contributed by atoms with Crippen LogP contribution >= 0.6 is 0 Å². The Kier molecular flexibility index (Phi) is 8.85. The highest BCUT2D eigenvalue weighted by Gasteiger charge is 2.31. The van der Waals surface area contributed by atoms with Crippen molar-refractivity contribution in [2.24, 2.45) is 10.9 Å². The maximum Gasteiger partial charge on any atom is 0.322 e. The highest BCUT2D eigenvalue weighted by molar-refractivity contribution is 7.89. The molecule has 0 amide bonds. The Morgan fingerprint density at radius 2 is 1.56 bits per heavy atom. The van der Waals surface area contributed by atoms with Gasteiger partial charge in [-0.25, -0.2) is 8.42 Å². The van der Waals surface area contributed by atoms with Crippen LogP contribution in [0.2, 0.25) is 0 Å². The zero-order chi connectivity index (χ0) is 25.8. The van der Waals surface area contributed by atoms with Gasteiger partial charge in [-0.05, 0) is 52.5 Å². The second kappa shape index (κ2) is 11.0. The van der Waals surface area contributed by atoms with E-state index in [4.69, 9.17) is 10.9 Å². The van der Waals surface area contributed by atoms with Gasteiger partial charge in [0.1, 0.15) is 6.04 Å². The molecule has 0 radical (unpaired) electrons. The summed E-state index contributed by atoms with van der Waals surface area (Å²) in [5.41, 5.74) is 8.94. The van der Waals surface area contributed by atoms with Crippen LogP contribution in [0.3, 0.4) is 0 Å². The van der Waals surface area contributed by atoms with Gasteiger partial charge in [0.25, 0.3) is 0 Å². The Labute approximate surface area is 201 Å². The number of nitrogens with two attached hydrogens (primary N) is 1. The smallest absolute Gasteiger partial charge is 0.322 e. The molecule has 2 aromatic rings. The van der Waals surface area contributed by atoms with Crippen LogP contribution in [0.4, 0.5) is 0 Å². The summed E-state index contributed by atoms with van der Waals surface area (Å²) in [7, 11) is -4.17. The van der Waals surface area contributed by atoms with Crippen molar-refractivity contribution in [3.05, 3.63) is 64.2 Å². The van der Waals surface area contributed by atoms with E-state index < -0.39 is 22.0 Å². The van der Waals surface area contributed by atoms with Gasteiger partial charge >= 0.3 is 5.97 Å². The third-order valence-corrected chi connectivity index (χ3v) is 7.32. The first-order valence-corrected chi connectivity index (χ1v) is 12.8. The summed E-state index contributed by atoms with van der Waals surface area (Å²) in [6.45, 7) is 11.8. The lowest BCUT2D eigenvalue weighted by atomic mass is 9.89. The van der Waals surface area contributed by atoms with E-state index in [-0.39, 0.29) is 34.9 Å². The number of oxime groups is 1. The predicted molar refractivity (Wildman–Crippen MR) is 133 cm³/mol. The monoisotopic (exact) mass is 489 g/mol.